The van der Waals surface area contributed by atoms with Gasteiger partial charge in [-0.3, -0.25) is 4.79 Å². The zero-order valence-electron chi connectivity index (χ0n) is 9.50. The third-order valence-electron chi connectivity index (χ3n) is 2.32. The number of hydrogen-bond acceptors (Lipinski definition) is 4. The average Bonchev–Trinajstić information content (AvgIpc) is 2.39. The van der Waals surface area contributed by atoms with Gasteiger partial charge in [-0.2, -0.15) is 10.2 Å². The van der Waals surface area contributed by atoms with Crippen LogP contribution in [0.15, 0.2) is 36.7 Å². The maximum atomic E-state index is 11.9. The van der Waals surface area contributed by atoms with Gasteiger partial charge in [0.2, 0.25) is 0 Å². The number of carboxylic acid groups (broad SMARTS) is 1. The van der Waals surface area contributed by atoms with Gasteiger partial charge < -0.3 is 10.4 Å². The van der Waals surface area contributed by atoms with Crippen LogP contribution in [0.2, 0.25) is 5.02 Å². The Balaban J connectivity index is 2.32. The number of rotatable bonds is 3. The van der Waals surface area contributed by atoms with E-state index < -0.39 is 11.9 Å². The summed E-state index contributed by atoms with van der Waals surface area (Å²) in [6.45, 7) is 0. The van der Waals surface area contributed by atoms with Crippen molar-refractivity contribution in [2.75, 3.05) is 5.32 Å². The van der Waals surface area contributed by atoms with Gasteiger partial charge >= 0.3 is 5.97 Å². The van der Waals surface area contributed by atoms with Crippen LogP contribution < -0.4 is 5.32 Å². The van der Waals surface area contributed by atoms with Crippen LogP contribution in [-0.4, -0.2) is 27.2 Å². The summed E-state index contributed by atoms with van der Waals surface area (Å²) in [5, 5.41) is 18.7. The van der Waals surface area contributed by atoms with Gasteiger partial charge in [-0.1, -0.05) is 17.7 Å². The van der Waals surface area contributed by atoms with Gasteiger partial charge in [0.25, 0.3) is 5.91 Å². The number of hydrogen-bond donors (Lipinski definition) is 2. The molecule has 0 spiro atoms. The molecule has 1 aromatic carbocycles. The molecule has 0 atom stereocenters. The summed E-state index contributed by atoms with van der Waals surface area (Å²) < 4.78 is 0. The molecule has 0 saturated carbocycles. The molecule has 7 heteroatoms. The van der Waals surface area contributed by atoms with Crippen LogP contribution in [0, 0.1) is 0 Å². The molecule has 1 amide bonds. The topological polar surface area (TPSA) is 92.2 Å². The minimum atomic E-state index is -1.21. The lowest BCUT2D eigenvalue weighted by atomic mass is 10.1. The normalized spacial score (nSPS) is 9.95. The number of carboxylic acids is 1. The van der Waals surface area contributed by atoms with Crippen LogP contribution in [0.4, 0.5) is 5.69 Å². The number of anilines is 1. The Bertz CT molecular complexity index is 631. The van der Waals surface area contributed by atoms with Gasteiger partial charge in [0.1, 0.15) is 5.56 Å². The Kier molecular flexibility index (Phi) is 3.72. The Morgan fingerprint density at radius 3 is 2.63 bits per heavy atom. The van der Waals surface area contributed by atoms with Crippen LogP contribution in [0.3, 0.4) is 0 Å². The lowest BCUT2D eigenvalue weighted by Crippen LogP contribution is -2.15. The SMILES string of the molecule is O=C(Nc1cccc(Cl)c1C(=O)O)c1ccnnc1. The van der Waals surface area contributed by atoms with Crippen LogP contribution >= 0.6 is 11.6 Å². The van der Waals surface area contributed by atoms with Gasteiger partial charge in [0, 0.05) is 0 Å². The maximum absolute atomic E-state index is 11.9. The van der Waals surface area contributed by atoms with Crippen molar-refractivity contribution < 1.29 is 14.7 Å². The number of amides is 1. The highest BCUT2D eigenvalue weighted by atomic mass is 35.5. The van der Waals surface area contributed by atoms with Crippen molar-refractivity contribution >= 4 is 29.2 Å². The molecule has 0 saturated heterocycles. The number of aromatic carboxylic acids is 1. The second kappa shape index (κ2) is 5.45. The molecule has 0 aliphatic rings. The fraction of sp³-hybridized carbons (Fsp3) is 0. The first-order valence-corrected chi connectivity index (χ1v) is 5.57. The first kappa shape index (κ1) is 13.0. The first-order valence-electron chi connectivity index (χ1n) is 5.19. The van der Waals surface area contributed by atoms with E-state index in [-0.39, 0.29) is 21.8 Å². The van der Waals surface area contributed by atoms with Crippen molar-refractivity contribution in [3.05, 3.63) is 52.8 Å². The van der Waals surface area contributed by atoms with Gasteiger partial charge in [-0.25, -0.2) is 4.79 Å². The molecule has 0 aliphatic carbocycles. The fourth-order valence-corrected chi connectivity index (χ4v) is 1.72. The zero-order valence-corrected chi connectivity index (χ0v) is 10.3. The summed E-state index contributed by atoms with van der Waals surface area (Å²) >= 11 is 5.80. The van der Waals surface area contributed by atoms with Crippen LogP contribution in [0.1, 0.15) is 20.7 Å². The van der Waals surface area contributed by atoms with Gasteiger partial charge in [-0.15, -0.1) is 0 Å². The molecule has 0 unspecified atom stereocenters. The number of carbonyl (C=O) groups is 2. The second-order valence-corrected chi connectivity index (χ2v) is 3.96. The van der Waals surface area contributed by atoms with E-state index in [0.717, 1.165) is 0 Å². The predicted octanol–water partition coefficient (Wildman–Crippen LogP) is 2.08. The molecular weight excluding hydrogens is 270 g/mol. The fourth-order valence-electron chi connectivity index (χ4n) is 1.47. The molecule has 0 fully saturated rings. The van der Waals surface area contributed by atoms with Crippen molar-refractivity contribution in [3.63, 3.8) is 0 Å². The molecule has 0 aliphatic heterocycles. The van der Waals surface area contributed by atoms with E-state index in [1.54, 1.807) is 6.07 Å². The van der Waals surface area contributed by atoms with E-state index in [2.05, 4.69) is 15.5 Å². The smallest absolute Gasteiger partial charge is 0.339 e. The van der Waals surface area contributed by atoms with E-state index in [1.807, 2.05) is 0 Å². The molecule has 2 aromatic rings. The quantitative estimate of drug-likeness (QED) is 0.896. The molecule has 0 radical (unpaired) electrons. The van der Waals surface area contributed by atoms with Crippen LogP contribution in [0.5, 0.6) is 0 Å². The van der Waals surface area contributed by atoms with Crippen molar-refractivity contribution in [1.82, 2.24) is 10.2 Å². The van der Waals surface area contributed by atoms with Gasteiger partial charge in [-0.05, 0) is 18.2 Å². The number of aromatic nitrogens is 2. The molecule has 1 aromatic heterocycles. The summed E-state index contributed by atoms with van der Waals surface area (Å²) in [7, 11) is 0. The number of nitrogens with one attached hydrogen (secondary N) is 1. The van der Waals surface area contributed by atoms with Crippen molar-refractivity contribution in [2.24, 2.45) is 0 Å². The Morgan fingerprint density at radius 2 is 2.00 bits per heavy atom. The van der Waals surface area contributed by atoms with E-state index >= 15 is 0 Å². The van der Waals surface area contributed by atoms with E-state index in [9.17, 15) is 9.59 Å². The van der Waals surface area contributed by atoms with Crippen molar-refractivity contribution in [3.8, 4) is 0 Å². The molecule has 2 rings (SSSR count). The predicted molar refractivity (Wildman–Crippen MR) is 68.4 cm³/mol. The highest BCUT2D eigenvalue weighted by Gasteiger charge is 2.16. The molecule has 2 N–H and O–H groups in total. The Morgan fingerprint density at radius 1 is 1.21 bits per heavy atom. The molecule has 19 heavy (non-hydrogen) atoms. The number of nitrogens with zero attached hydrogens (tertiary/aromatic N) is 2. The van der Waals surface area contributed by atoms with E-state index in [4.69, 9.17) is 16.7 Å². The standard InChI is InChI=1S/C12H8ClN3O3/c13-8-2-1-3-9(10(8)12(18)19)16-11(17)7-4-5-14-15-6-7/h1-6H,(H,16,17)(H,18,19). The summed E-state index contributed by atoms with van der Waals surface area (Å²) in [4.78, 5) is 23.0. The summed E-state index contributed by atoms with van der Waals surface area (Å²) in [6, 6.07) is 5.92. The summed E-state index contributed by atoms with van der Waals surface area (Å²) in [5.41, 5.74) is 0.243. The molecule has 6 nitrogen and oxygen atoms in total. The Labute approximate surface area is 113 Å². The van der Waals surface area contributed by atoms with Crippen molar-refractivity contribution in [2.45, 2.75) is 0 Å². The van der Waals surface area contributed by atoms with Gasteiger partial charge in [0.05, 0.1) is 28.7 Å². The molecular formula is C12H8ClN3O3. The molecule has 0 bridgehead atoms. The third kappa shape index (κ3) is 2.86. The minimum Gasteiger partial charge on any atom is -0.478 e. The average molecular weight is 278 g/mol. The highest BCUT2D eigenvalue weighted by molar-refractivity contribution is 6.34. The van der Waals surface area contributed by atoms with E-state index in [0.29, 0.717) is 0 Å². The highest BCUT2D eigenvalue weighted by Crippen LogP contribution is 2.24. The number of carbonyl (C=O) groups excluding carboxylic acids is 1. The number of benzene rings is 1. The van der Waals surface area contributed by atoms with Crippen LogP contribution in [-0.2, 0) is 0 Å². The largest absolute Gasteiger partial charge is 0.478 e. The van der Waals surface area contributed by atoms with Crippen LogP contribution in [0.25, 0.3) is 0 Å². The number of halogens is 1. The van der Waals surface area contributed by atoms with Crippen molar-refractivity contribution in [1.29, 1.82) is 0 Å². The summed E-state index contributed by atoms with van der Waals surface area (Å²) in [5.74, 6) is -1.70. The summed E-state index contributed by atoms with van der Waals surface area (Å²) in [6.07, 6.45) is 2.64. The lowest BCUT2D eigenvalue weighted by molar-refractivity contribution is 0.0698. The lowest BCUT2D eigenvalue weighted by Gasteiger charge is -2.09. The third-order valence-corrected chi connectivity index (χ3v) is 2.64. The first-order chi connectivity index (χ1) is 9.09. The minimum absolute atomic E-state index is 0.0538. The molecule has 1 heterocycles. The van der Waals surface area contributed by atoms with Gasteiger partial charge in [0.15, 0.2) is 0 Å². The monoisotopic (exact) mass is 277 g/mol. The maximum Gasteiger partial charge on any atom is 0.339 e. The Hall–Kier alpha value is -2.47. The van der Waals surface area contributed by atoms with E-state index in [1.165, 1.54) is 30.6 Å². The molecule has 96 valence electrons. The second-order valence-electron chi connectivity index (χ2n) is 3.55. The zero-order chi connectivity index (χ0) is 13.8.